The minimum absolute atomic E-state index is 0.0363. The number of likely N-dealkylation sites (N-methyl/N-ethyl adjacent to an activating group) is 2. The molecule has 0 aliphatic carbocycles. The Morgan fingerprint density at radius 3 is 2.41 bits per heavy atom. The van der Waals surface area contributed by atoms with Gasteiger partial charge in [-0.15, -0.1) is 0 Å². The first-order chi connectivity index (χ1) is 19.2. The van der Waals surface area contributed by atoms with Gasteiger partial charge in [0.25, 0.3) is 5.91 Å². The molecule has 12 heteroatoms. The summed E-state index contributed by atoms with van der Waals surface area (Å²) in [6, 6.07) is 8.75. The summed E-state index contributed by atoms with van der Waals surface area (Å²) in [5.41, 5.74) is 8.31. The molecule has 9 nitrogen and oxygen atoms in total. The monoisotopic (exact) mass is 574 g/mol. The summed E-state index contributed by atoms with van der Waals surface area (Å²) in [4.78, 5) is 16.9. The zero-order chi connectivity index (χ0) is 30.9. The van der Waals surface area contributed by atoms with E-state index in [2.05, 4.69) is 17.0 Å². The summed E-state index contributed by atoms with van der Waals surface area (Å²) in [7, 11) is 7.32. The number of hydrazone groups is 1. The van der Waals surface area contributed by atoms with E-state index in [1.54, 1.807) is 35.2 Å². The van der Waals surface area contributed by atoms with Gasteiger partial charge >= 0.3 is 5.92 Å². The normalized spacial score (nSPS) is 12.1. The quantitative estimate of drug-likeness (QED) is 0.134. The highest BCUT2D eigenvalue weighted by Gasteiger charge is 2.33. The lowest BCUT2D eigenvalue weighted by Crippen LogP contribution is -2.29. The van der Waals surface area contributed by atoms with Crippen LogP contribution >= 0.6 is 0 Å². The molecule has 0 atom stereocenters. The number of nitrogens with one attached hydrogen (secondary N) is 1. The topological polar surface area (TPSA) is 106 Å². The summed E-state index contributed by atoms with van der Waals surface area (Å²) in [6.07, 6.45) is 3.01. The van der Waals surface area contributed by atoms with E-state index in [0.29, 0.717) is 42.3 Å². The van der Waals surface area contributed by atoms with Crippen molar-refractivity contribution >= 4 is 29.2 Å². The number of nitrogens with two attached hydrogens (primary N) is 2. The molecule has 0 aliphatic heterocycles. The summed E-state index contributed by atoms with van der Waals surface area (Å²) < 4.78 is 42.0. The molecule has 41 heavy (non-hydrogen) atoms. The van der Waals surface area contributed by atoms with Crippen LogP contribution in [0.15, 0.2) is 65.5 Å². The third-order valence-corrected chi connectivity index (χ3v) is 6.36. The number of aryl methyl sites for hydroxylation is 1. The summed E-state index contributed by atoms with van der Waals surface area (Å²) >= 11 is 0. The van der Waals surface area contributed by atoms with Gasteiger partial charge in [0.2, 0.25) is 0 Å². The molecule has 224 valence electrons. The van der Waals surface area contributed by atoms with Crippen LogP contribution < -0.4 is 26.8 Å². The number of hydrogen-bond acceptors (Lipinski definition) is 8. The maximum atomic E-state index is 14.4. The Morgan fingerprint density at radius 1 is 1.12 bits per heavy atom. The SMILES string of the molecule is C=C(/C=N\N(C)CC)/C(N)=C/N(N)c1cc(NC(=O)c2cc(N(C)CCN(C)C)cc(C(F)(F)CF)c2)ccc1C. The van der Waals surface area contributed by atoms with Gasteiger partial charge in [-0.05, 0) is 63.8 Å². The fourth-order valence-corrected chi connectivity index (χ4v) is 3.53. The Bertz CT molecular complexity index is 1280. The van der Waals surface area contributed by atoms with Crippen LogP contribution in [0.25, 0.3) is 0 Å². The van der Waals surface area contributed by atoms with E-state index in [1.807, 2.05) is 39.9 Å². The van der Waals surface area contributed by atoms with Gasteiger partial charge < -0.3 is 25.9 Å². The molecule has 2 rings (SSSR count). The van der Waals surface area contributed by atoms with Crippen LogP contribution in [0.1, 0.15) is 28.4 Å². The standard InChI is InChI=1S/C29H41F3N8O/c1-8-39(7)35-17-21(3)26(33)18-40(34)27-16-24(10-9-20(27)2)36-28(41)22-13-23(29(31,32)19-30)15-25(14-22)38(6)12-11-37(4)5/h9-10,13-18H,3,8,11-12,19,33-34H2,1-2,4-7H3,(H,36,41)/b26-18-,35-17-. The van der Waals surface area contributed by atoms with Gasteiger partial charge in [0.1, 0.15) is 0 Å². The third kappa shape index (κ3) is 9.54. The molecule has 2 aromatic carbocycles. The molecular weight excluding hydrogens is 533 g/mol. The van der Waals surface area contributed by atoms with E-state index < -0.39 is 24.1 Å². The van der Waals surface area contributed by atoms with Crippen molar-refractivity contribution in [1.29, 1.82) is 0 Å². The smallest absolute Gasteiger partial charge is 0.301 e. The molecule has 1 amide bonds. The van der Waals surface area contributed by atoms with Gasteiger partial charge in [0, 0.05) is 68.0 Å². The van der Waals surface area contributed by atoms with Gasteiger partial charge in [-0.1, -0.05) is 12.6 Å². The first-order valence-electron chi connectivity index (χ1n) is 13.0. The molecule has 0 radical (unpaired) electrons. The van der Waals surface area contributed by atoms with Gasteiger partial charge in [0.15, 0.2) is 6.67 Å². The maximum absolute atomic E-state index is 14.4. The first-order valence-corrected chi connectivity index (χ1v) is 13.0. The number of benzene rings is 2. The van der Waals surface area contributed by atoms with E-state index in [0.717, 1.165) is 11.6 Å². The largest absolute Gasteiger partial charge is 0.397 e. The van der Waals surface area contributed by atoms with Crippen molar-refractivity contribution in [2.75, 3.05) is 69.7 Å². The zero-order valence-corrected chi connectivity index (χ0v) is 24.6. The molecule has 0 saturated heterocycles. The van der Waals surface area contributed by atoms with Crippen LogP contribution in [0.2, 0.25) is 0 Å². The maximum Gasteiger partial charge on any atom is 0.301 e. The second-order valence-corrected chi connectivity index (χ2v) is 10.0. The van der Waals surface area contributed by atoms with Crippen molar-refractivity contribution in [3.63, 3.8) is 0 Å². The Kier molecular flexibility index (Phi) is 11.8. The van der Waals surface area contributed by atoms with Crippen molar-refractivity contribution < 1.29 is 18.0 Å². The van der Waals surface area contributed by atoms with Crippen molar-refractivity contribution in [3.05, 3.63) is 77.1 Å². The number of rotatable bonds is 14. The number of alkyl halides is 3. The highest BCUT2D eigenvalue weighted by atomic mass is 19.3. The van der Waals surface area contributed by atoms with Crippen LogP contribution in [-0.4, -0.2) is 76.5 Å². The molecule has 0 saturated carbocycles. The lowest BCUT2D eigenvalue weighted by Gasteiger charge is -2.24. The van der Waals surface area contributed by atoms with E-state index >= 15 is 0 Å². The number of carbonyl (C=O) groups is 1. The zero-order valence-electron chi connectivity index (χ0n) is 24.6. The predicted molar refractivity (Wildman–Crippen MR) is 162 cm³/mol. The van der Waals surface area contributed by atoms with Gasteiger partial charge in [0.05, 0.1) is 17.6 Å². The number of hydrogen-bond donors (Lipinski definition) is 3. The Balaban J connectivity index is 2.35. The van der Waals surface area contributed by atoms with E-state index in [4.69, 9.17) is 11.6 Å². The molecule has 5 N–H and O–H groups in total. The van der Waals surface area contributed by atoms with Crippen molar-refractivity contribution in [1.82, 2.24) is 9.91 Å². The second-order valence-electron chi connectivity index (χ2n) is 10.0. The molecule has 0 bridgehead atoms. The molecular formula is C29H41F3N8O. The Labute approximate surface area is 240 Å². The van der Waals surface area contributed by atoms with Gasteiger partial charge in [-0.2, -0.15) is 13.9 Å². The van der Waals surface area contributed by atoms with Gasteiger partial charge in [-0.3, -0.25) is 9.80 Å². The second kappa shape index (κ2) is 14.6. The minimum Gasteiger partial charge on any atom is -0.397 e. The molecule has 2 aromatic rings. The Hall–Kier alpha value is -4.03. The third-order valence-electron chi connectivity index (χ3n) is 6.36. The van der Waals surface area contributed by atoms with Crippen molar-refractivity contribution in [2.24, 2.45) is 16.7 Å². The number of halogens is 3. The van der Waals surface area contributed by atoms with E-state index in [1.165, 1.54) is 29.6 Å². The highest BCUT2D eigenvalue weighted by molar-refractivity contribution is 6.05. The lowest BCUT2D eigenvalue weighted by atomic mass is 10.0. The number of nitrogens with zero attached hydrogens (tertiary/aromatic N) is 5. The molecule has 0 fully saturated rings. The van der Waals surface area contributed by atoms with Gasteiger partial charge in [-0.25, -0.2) is 10.2 Å². The average Bonchev–Trinajstić information content (AvgIpc) is 2.94. The van der Waals surface area contributed by atoms with Crippen LogP contribution in [0.3, 0.4) is 0 Å². The average molecular weight is 575 g/mol. The van der Waals surface area contributed by atoms with Crippen molar-refractivity contribution in [2.45, 2.75) is 19.8 Å². The van der Waals surface area contributed by atoms with Crippen molar-refractivity contribution in [3.8, 4) is 0 Å². The number of hydrazine groups is 1. The fraction of sp³-hybridized carbons (Fsp3) is 0.379. The molecule has 0 aliphatic rings. The fourth-order valence-electron chi connectivity index (χ4n) is 3.53. The van der Waals surface area contributed by atoms with Crippen LogP contribution in [0, 0.1) is 6.92 Å². The van der Waals surface area contributed by atoms with Crippen LogP contribution in [0.4, 0.5) is 30.2 Å². The lowest BCUT2D eigenvalue weighted by molar-refractivity contribution is -0.0280. The Morgan fingerprint density at radius 2 is 1.80 bits per heavy atom. The molecule has 0 spiro atoms. The molecule has 0 heterocycles. The van der Waals surface area contributed by atoms with Crippen LogP contribution in [-0.2, 0) is 5.92 Å². The van der Waals surface area contributed by atoms with E-state index in [9.17, 15) is 18.0 Å². The van der Waals surface area contributed by atoms with E-state index in [-0.39, 0.29) is 11.3 Å². The first kappa shape index (κ1) is 33.2. The number of carbonyl (C=O) groups excluding carboxylic acids is 1. The summed E-state index contributed by atoms with van der Waals surface area (Å²) in [5.74, 6) is 1.88. The van der Waals surface area contributed by atoms with Crippen LogP contribution in [0.5, 0.6) is 0 Å². The highest BCUT2D eigenvalue weighted by Crippen LogP contribution is 2.33. The number of allylic oxidation sites excluding steroid dienone is 1. The summed E-state index contributed by atoms with van der Waals surface area (Å²) in [5, 5.41) is 9.94. The number of anilines is 3. The molecule has 0 unspecified atom stereocenters. The predicted octanol–water partition coefficient (Wildman–Crippen LogP) is 4.28. The summed E-state index contributed by atoms with van der Waals surface area (Å²) in [6.45, 7) is 7.68. The minimum atomic E-state index is -3.74. The molecule has 0 aromatic heterocycles. The number of amides is 1.